The summed E-state index contributed by atoms with van der Waals surface area (Å²) in [5.41, 5.74) is 2.23. The summed E-state index contributed by atoms with van der Waals surface area (Å²) in [5, 5.41) is 0. The molecule has 13 heavy (non-hydrogen) atoms. The Bertz CT molecular complexity index is 284. The Balaban J connectivity index is 0.000000310. The largest absolute Gasteiger partial charge is 0.241 e. The van der Waals surface area contributed by atoms with Crippen LogP contribution < -0.4 is 0 Å². The smallest absolute Gasteiger partial charge is 0.125 e. The maximum Gasteiger partial charge on any atom is 0.125 e. The number of allylic oxidation sites excluding steroid dienone is 2. The molecule has 0 aromatic carbocycles. The van der Waals surface area contributed by atoms with E-state index < -0.39 is 0 Å². The van der Waals surface area contributed by atoms with Crippen molar-refractivity contribution in [3.05, 3.63) is 48.6 Å². The molecular formula is C11H16N2. The van der Waals surface area contributed by atoms with Gasteiger partial charge in [0.2, 0.25) is 0 Å². The van der Waals surface area contributed by atoms with E-state index in [1.165, 1.54) is 0 Å². The monoisotopic (exact) mass is 176 g/mol. The molecule has 0 radical (unpaired) electrons. The predicted octanol–water partition coefficient (Wildman–Crippen LogP) is 2.76. The summed E-state index contributed by atoms with van der Waals surface area (Å²) in [6.45, 7) is 12.6. The summed E-state index contributed by atoms with van der Waals surface area (Å²) in [6.07, 6.45) is 5.12. The molecule has 0 unspecified atom stereocenters. The van der Waals surface area contributed by atoms with Crippen LogP contribution in [-0.2, 0) is 0 Å². The van der Waals surface area contributed by atoms with Gasteiger partial charge < -0.3 is 0 Å². The summed E-state index contributed by atoms with van der Waals surface area (Å²) in [7, 11) is 0. The van der Waals surface area contributed by atoms with Crippen molar-refractivity contribution in [3.8, 4) is 0 Å². The van der Waals surface area contributed by atoms with Gasteiger partial charge in [0, 0.05) is 11.9 Å². The molecule has 2 nitrogen and oxygen atoms in total. The molecule has 0 atom stereocenters. The van der Waals surface area contributed by atoms with Gasteiger partial charge in [-0.1, -0.05) is 25.3 Å². The van der Waals surface area contributed by atoms with Crippen LogP contribution in [0.5, 0.6) is 0 Å². The van der Waals surface area contributed by atoms with Crippen LogP contribution in [0.25, 0.3) is 0 Å². The van der Waals surface area contributed by atoms with E-state index >= 15 is 0 Å². The Morgan fingerprint density at radius 2 is 1.69 bits per heavy atom. The third kappa shape index (κ3) is 4.90. The van der Waals surface area contributed by atoms with Crippen molar-refractivity contribution < 1.29 is 0 Å². The van der Waals surface area contributed by atoms with Gasteiger partial charge in [-0.25, -0.2) is 9.97 Å². The van der Waals surface area contributed by atoms with Crippen molar-refractivity contribution in [1.29, 1.82) is 0 Å². The molecule has 1 rings (SSSR count). The van der Waals surface area contributed by atoms with E-state index in [1.807, 2.05) is 27.0 Å². The molecule has 1 aromatic rings. The quantitative estimate of drug-likeness (QED) is 0.615. The molecule has 0 aliphatic heterocycles. The standard InChI is InChI=1S/C7H10N2.C4H6/c1-5-4-8-7(3)9-6(5)2;1-3-4-2/h4H,1-3H3;3-4H,1-2H2. The number of hydrogen-bond acceptors (Lipinski definition) is 2. The first-order chi connectivity index (χ1) is 6.11. The number of hydrogen-bond donors (Lipinski definition) is 0. The van der Waals surface area contributed by atoms with E-state index in [0.717, 1.165) is 17.1 Å². The maximum atomic E-state index is 4.16. The lowest BCUT2D eigenvalue weighted by atomic mass is 10.3. The van der Waals surface area contributed by atoms with E-state index in [2.05, 4.69) is 23.1 Å². The summed E-state index contributed by atoms with van der Waals surface area (Å²) < 4.78 is 0. The molecule has 0 spiro atoms. The van der Waals surface area contributed by atoms with Crippen LogP contribution in [0.1, 0.15) is 17.1 Å². The molecule has 0 amide bonds. The van der Waals surface area contributed by atoms with Gasteiger partial charge in [0.05, 0.1) is 0 Å². The highest BCUT2D eigenvalue weighted by atomic mass is 14.9. The Morgan fingerprint density at radius 3 is 2.00 bits per heavy atom. The van der Waals surface area contributed by atoms with Crippen molar-refractivity contribution in [1.82, 2.24) is 9.97 Å². The van der Waals surface area contributed by atoms with Gasteiger partial charge in [-0.2, -0.15) is 0 Å². The van der Waals surface area contributed by atoms with Gasteiger partial charge in [0.1, 0.15) is 5.82 Å². The van der Waals surface area contributed by atoms with Crippen LogP contribution in [0.3, 0.4) is 0 Å². The average molecular weight is 176 g/mol. The first-order valence-corrected chi connectivity index (χ1v) is 4.12. The highest BCUT2D eigenvalue weighted by molar-refractivity contribution is 5.12. The SMILES string of the molecule is C=CC=C.Cc1ncc(C)c(C)n1. The molecule has 0 N–H and O–H groups in total. The molecule has 0 bridgehead atoms. The van der Waals surface area contributed by atoms with E-state index in [9.17, 15) is 0 Å². The zero-order chi connectivity index (χ0) is 10.3. The van der Waals surface area contributed by atoms with E-state index in [1.54, 1.807) is 12.2 Å². The summed E-state index contributed by atoms with van der Waals surface area (Å²) in [5.74, 6) is 0.845. The van der Waals surface area contributed by atoms with Crippen LogP contribution in [0.15, 0.2) is 31.5 Å². The van der Waals surface area contributed by atoms with Gasteiger partial charge in [0.15, 0.2) is 0 Å². The molecule has 2 heteroatoms. The lowest BCUT2D eigenvalue weighted by Crippen LogP contribution is -1.92. The summed E-state index contributed by atoms with van der Waals surface area (Å²) in [4.78, 5) is 8.19. The molecule has 0 aliphatic rings. The minimum atomic E-state index is 0.845. The lowest BCUT2D eigenvalue weighted by molar-refractivity contribution is 0.986. The maximum absolute atomic E-state index is 4.16. The highest BCUT2D eigenvalue weighted by Gasteiger charge is 1.91. The third-order valence-corrected chi connectivity index (χ3v) is 1.51. The Labute approximate surface area is 80.1 Å². The van der Waals surface area contributed by atoms with Crippen molar-refractivity contribution in [3.63, 3.8) is 0 Å². The van der Waals surface area contributed by atoms with Gasteiger partial charge in [0.25, 0.3) is 0 Å². The van der Waals surface area contributed by atoms with Crippen molar-refractivity contribution in [2.75, 3.05) is 0 Å². The lowest BCUT2D eigenvalue weighted by Gasteiger charge is -1.96. The van der Waals surface area contributed by atoms with Gasteiger partial charge >= 0.3 is 0 Å². The van der Waals surface area contributed by atoms with Crippen LogP contribution in [0.4, 0.5) is 0 Å². The van der Waals surface area contributed by atoms with Crippen molar-refractivity contribution in [2.45, 2.75) is 20.8 Å². The molecule has 70 valence electrons. The Kier molecular flexibility index (Phi) is 5.44. The van der Waals surface area contributed by atoms with Crippen LogP contribution in [0, 0.1) is 20.8 Å². The van der Waals surface area contributed by atoms with Gasteiger partial charge in [-0.05, 0) is 26.3 Å². The topological polar surface area (TPSA) is 25.8 Å². The molecule has 0 fully saturated rings. The minimum absolute atomic E-state index is 0.845. The minimum Gasteiger partial charge on any atom is -0.241 e. The molecule has 1 heterocycles. The van der Waals surface area contributed by atoms with Crippen LogP contribution in [-0.4, -0.2) is 9.97 Å². The summed E-state index contributed by atoms with van der Waals surface area (Å²) >= 11 is 0. The number of nitrogens with zero attached hydrogens (tertiary/aromatic N) is 2. The molecular weight excluding hydrogens is 160 g/mol. The molecule has 1 aromatic heterocycles. The van der Waals surface area contributed by atoms with E-state index in [4.69, 9.17) is 0 Å². The molecule has 0 aliphatic carbocycles. The third-order valence-electron chi connectivity index (χ3n) is 1.51. The highest BCUT2D eigenvalue weighted by Crippen LogP contribution is 1.99. The second-order valence-electron chi connectivity index (χ2n) is 2.66. The van der Waals surface area contributed by atoms with Crippen molar-refractivity contribution >= 4 is 0 Å². The van der Waals surface area contributed by atoms with Gasteiger partial charge in [-0.3, -0.25) is 0 Å². The first-order valence-electron chi connectivity index (χ1n) is 4.12. The second-order valence-corrected chi connectivity index (χ2v) is 2.66. The zero-order valence-corrected chi connectivity index (χ0v) is 8.54. The fourth-order valence-electron chi connectivity index (χ4n) is 0.643. The average Bonchev–Trinajstić information content (AvgIpc) is 2.12. The zero-order valence-electron chi connectivity index (χ0n) is 8.54. The van der Waals surface area contributed by atoms with E-state index in [0.29, 0.717) is 0 Å². The fraction of sp³-hybridized carbons (Fsp3) is 0.273. The Hall–Kier alpha value is -1.44. The number of rotatable bonds is 1. The predicted molar refractivity (Wildman–Crippen MR) is 56.6 cm³/mol. The molecule has 0 saturated heterocycles. The van der Waals surface area contributed by atoms with Gasteiger partial charge in [-0.15, -0.1) is 0 Å². The summed E-state index contributed by atoms with van der Waals surface area (Å²) in [6, 6.07) is 0. The Morgan fingerprint density at radius 1 is 1.15 bits per heavy atom. The second kappa shape index (κ2) is 6.12. The number of aromatic nitrogens is 2. The fourth-order valence-corrected chi connectivity index (χ4v) is 0.643. The van der Waals surface area contributed by atoms with Crippen LogP contribution in [0.2, 0.25) is 0 Å². The molecule has 0 saturated carbocycles. The normalized spacial score (nSPS) is 8.23. The van der Waals surface area contributed by atoms with Crippen molar-refractivity contribution in [2.24, 2.45) is 0 Å². The first kappa shape index (κ1) is 11.6. The van der Waals surface area contributed by atoms with Crippen LogP contribution >= 0.6 is 0 Å². The number of aryl methyl sites for hydroxylation is 3. The van der Waals surface area contributed by atoms with E-state index in [-0.39, 0.29) is 0 Å².